The lowest BCUT2D eigenvalue weighted by atomic mass is 9.58. The number of amides is 1. The quantitative estimate of drug-likeness (QED) is 0.909. The van der Waals surface area contributed by atoms with Gasteiger partial charge in [0.25, 0.3) is 11.9 Å². The first kappa shape index (κ1) is 14.4. The molecule has 0 radical (unpaired) electrons. The summed E-state index contributed by atoms with van der Waals surface area (Å²) in [4.78, 5) is 14.1. The molecule has 2 fully saturated rings. The third kappa shape index (κ3) is 2.22. The van der Waals surface area contributed by atoms with Crippen molar-refractivity contribution >= 4 is 5.91 Å². The number of aliphatic hydroxyl groups excluding tert-OH is 1. The average Bonchev–Trinajstić information content (AvgIpc) is 3.00. The van der Waals surface area contributed by atoms with E-state index in [0.29, 0.717) is 31.2 Å². The number of likely N-dealkylation sites (tertiary alicyclic amines) is 1. The molecule has 1 saturated heterocycles. The molecule has 1 aliphatic heterocycles. The minimum absolute atomic E-state index is 0.105. The standard InChI is InChI=1S/C15H21NO5/c1-19-12-9-11(17)15(12)5-7-16(8-6-15)14(18)10-3-4-13(20-2)21-10/h3-4,11-12,17H,5-9H2,1-2H3. The second kappa shape index (κ2) is 5.35. The van der Waals surface area contributed by atoms with Gasteiger partial charge in [-0.1, -0.05) is 0 Å². The first-order valence-corrected chi connectivity index (χ1v) is 7.24. The van der Waals surface area contributed by atoms with E-state index in [9.17, 15) is 9.90 Å². The molecule has 0 aromatic carbocycles. The number of hydrogen-bond donors (Lipinski definition) is 1. The molecular formula is C15H21NO5. The number of carbonyl (C=O) groups is 1. The minimum atomic E-state index is -0.316. The van der Waals surface area contributed by atoms with Crippen LogP contribution in [0, 0.1) is 5.41 Å². The molecule has 6 nitrogen and oxygen atoms in total. The van der Waals surface area contributed by atoms with Crippen molar-refractivity contribution in [2.24, 2.45) is 5.41 Å². The predicted molar refractivity (Wildman–Crippen MR) is 74.3 cm³/mol. The smallest absolute Gasteiger partial charge is 0.289 e. The molecule has 2 unspecified atom stereocenters. The highest BCUT2D eigenvalue weighted by Crippen LogP contribution is 2.50. The van der Waals surface area contributed by atoms with Crippen LogP contribution in [0.3, 0.4) is 0 Å². The van der Waals surface area contributed by atoms with E-state index in [1.165, 1.54) is 7.11 Å². The molecule has 1 aromatic heterocycles. The molecule has 1 N–H and O–H groups in total. The number of piperidine rings is 1. The van der Waals surface area contributed by atoms with Gasteiger partial charge in [-0.3, -0.25) is 4.79 Å². The molecule has 1 aliphatic carbocycles. The Kier molecular flexibility index (Phi) is 3.67. The van der Waals surface area contributed by atoms with Gasteiger partial charge >= 0.3 is 0 Å². The number of ether oxygens (including phenoxy) is 2. The van der Waals surface area contributed by atoms with Crippen LogP contribution in [0.2, 0.25) is 0 Å². The van der Waals surface area contributed by atoms with Crippen LogP contribution in [-0.2, 0) is 4.74 Å². The molecule has 1 aromatic rings. The highest BCUT2D eigenvalue weighted by molar-refractivity contribution is 5.91. The first-order valence-electron chi connectivity index (χ1n) is 7.24. The molecular weight excluding hydrogens is 274 g/mol. The fraction of sp³-hybridized carbons (Fsp3) is 0.667. The summed E-state index contributed by atoms with van der Waals surface area (Å²) in [5.74, 6) is 0.497. The highest BCUT2D eigenvalue weighted by Gasteiger charge is 2.56. The lowest BCUT2D eigenvalue weighted by molar-refractivity contribution is -0.199. The third-order valence-electron chi connectivity index (χ3n) is 5.00. The molecule has 1 amide bonds. The van der Waals surface area contributed by atoms with Crippen LogP contribution in [0.25, 0.3) is 0 Å². The minimum Gasteiger partial charge on any atom is -0.468 e. The zero-order valence-corrected chi connectivity index (χ0v) is 12.4. The van der Waals surface area contributed by atoms with E-state index >= 15 is 0 Å². The highest BCUT2D eigenvalue weighted by atomic mass is 16.6. The molecule has 1 saturated carbocycles. The van der Waals surface area contributed by atoms with Gasteiger partial charge < -0.3 is 23.9 Å². The number of rotatable bonds is 3. The normalized spacial score (nSPS) is 27.5. The van der Waals surface area contributed by atoms with Crippen molar-refractivity contribution in [3.8, 4) is 5.95 Å². The second-order valence-electron chi connectivity index (χ2n) is 5.82. The molecule has 1 spiro atoms. The molecule has 2 heterocycles. The Balaban J connectivity index is 1.64. The SMILES string of the molecule is COc1ccc(C(=O)N2CCC3(CC2)C(O)CC3OC)o1. The van der Waals surface area contributed by atoms with Crippen LogP contribution in [0.15, 0.2) is 16.5 Å². The number of nitrogens with zero attached hydrogens (tertiary/aromatic N) is 1. The van der Waals surface area contributed by atoms with Gasteiger partial charge in [-0.15, -0.1) is 0 Å². The monoisotopic (exact) mass is 295 g/mol. The lowest BCUT2D eigenvalue weighted by Crippen LogP contribution is -2.62. The van der Waals surface area contributed by atoms with Crippen LogP contribution < -0.4 is 4.74 Å². The maximum Gasteiger partial charge on any atom is 0.289 e. The van der Waals surface area contributed by atoms with Gasteiger partial charge in [0, 0.05) is 38.1 Å². The van der Waals surface area contributed by atoms with Crippen LogP contribution >= 0.6 is 0 Å². The van der Waals surface area contributed by atoms with E-state index in [0.717, 1.165) is 12.8 Å². The van der Waals surface area contributed by atoms with Gasteiger partial charge in [-0.25, -0.2) is 0 Å². The fourth-order valence-electron chi connectivity index (χ4n) is 3.54. The summed E-state index contributed by atoms with van der Waals surface area (Å²) in [5.41, 5.74) is -0.174. The van der Waals surface area contributed by atoms with Crippen LogP contribution in [0.5, 0.6) is 5.95 Å². The summed E-state index contributed by atoms with van der Waals surface area (Å²) in [6.07, 6.45) is 2.00. The molecule has 2 aliphatic rings. The summed E-state index contributed by atoms with van der Waals surface area (Å²) in [7, 11) is 3.19. The van der Waals surface area contributed by atoms with Gasteiger partial charge in [0.15, 0.2) is 5.76 Å². The van der Waals surface area contributed by atoms with Gasteiger partial charge in [0.2, 0.25) is 0 Å². The van der Waals surface area contributed by atoms with E-state index in [4.69, 9.17) is 13.9 Å². The number of aliphatic hydroxyl groups is 1. The van der Waals surface area contributed by atoms with Crippen LogP contribution in [0.1, 0.15) is 29.8 Å². The zero-order valence-electron chi connectivity index (χ0n) is 12.4. The number of furan rings is 1. The van der Waals surface area contributed by atoms with Crippen molar-refractivity contribution in [3.63, 3.8) is 0 Å². The molecule has 21 heavy (non-hydrogen) atoms. The van der Waals surface area contributed by atoms with Gasteiger partial charge in [-0.2, -0.15) is 0 Å². The Morgan fingerprint density at radius 3 is 2.62 bits per heavy atom. The maximum absolute atomic E-state index is 12.4. The number of hydrogen-bond acceptors (Lipinski definition) is 5. The van der Waals surface area contributed by atoms with E-state index in [1.807, 2.05) is 0 Å². The Labute approximate surface area is 123 Å². The largest absolute Gasteiger partial charge is 0.468 e. The third-order valence-corrected chi connectivity index (χ3v) is 5.00. The second-order valence-corrected chi connectivity index (χ2v) is 5.82. The van der Waals surface area contributed by atoms with Gasteiger partial charge in [0.05, 0.1) is 19.3 Å². The Morgan fingerprint density at radius 2 is 2.10 bits per heavy atom. The zero-order chi connectivity index (χ0) is 15.0. The van der Waals surface area contributed by atoms with Crippen molar-refractivity contribution in [1.29, 1.82) is 0 Å². The Bertz CT molecular complexity index is 518. The molecule has 6 heteroatoms. The fourth-order valence-corrected chi connectivity index (χ4v) is 3.54. The topological polar surface area (TPSA) is 72.1 Å². The Hall–Kier alpha value is -1.53. The number of methoxy groups -OCH3 is 2. The van der Waals surface area contributed by atoms with Crippen molar-refractivity contribution in [3.05, 3.63) is 17.9 Å². The van der Waals surface area contributed by atoms with Crippen LogP contribution in [-0.4, -0.2) is 55.4 Å². The van der Waals surface area contributed by atoms with Gasteiger partial charge in [-0.05, 0) is 18.9 Å². The molecule has 3 rings (SSSR count). The van der Waals surface area contributed by atoms with Gasteiger partial charge in [0.1, 0.15) is 0 Å². The first-order chi connectivity index (χ1) is 10.1. The summed E-state index contributed by atoms with van der Waals surface area (Å²) >= 11 is 0. The molecule has 116 valence electrons. The van der Waals surface area contributed by atoms with E-state index in [1.54, 1.807) is 24.1 Å². The molecule has 0 bridgehead atoms. The van der Waals surface area contributed by atoms with E-state index in [2.05, 4.69) is 0 Å². The molecule has 2 atom stereocenters. The summed E-state index contributed by atoms with van der Waals surface area (Å²) in [5, 5.41) is 10.1. The average molecular weight is 295 g/mol. The van der Waals surface area contributed by atoms with E-state index < -0.39 is 0 Å². The lowest BCUT2D eigenvalue weighted by Gasteiger charge is -2.56. The summed E-state index contributed by atoms with van der Waals surface area (Å²) < 4.78 is 15.7. The van der Waals surface area contributed by atoms with Crippen molar-refractivity contribution in [2.45, 2.75) is 31.5 Å². The predicted octanol–water partition coefficient (Wildman–Crippen LogP) is 1.29. The van der Waals surface area contributed by atoms with Crippen LogP contribution in [0.4, 0.5) is 0 Å². The van der Waals surface area contributed by atoms with Crippen molar-refractivity contribution in [1.82, 2.24) is 4.90 Å². The van der Waals surface area contributed by atoms with Crippen molar-refractivity contribution < 1.29 is 23.8 Å². The summed E-state index contributed by atoms with van der Waals surface area (Å²) in [6.45, 7) is 1.22. The number of carbonyl (C=O) groups excluding carboxylic acids is 1. The maximum atomic E-state index is 12.4. The van der Waals surface area contributed by atoms with Crippen molar-refractivity contribution in [2.75, 3.05) is 27.3 Å². The van der Waals surface area contributed by atoms with E-state index in [-0.39, 0.29) is 23.5 Å². The Morgan fingerprint density at radius 1 is 1.38 bits per heavy atom. The summed E-state index contributed by atoms with van der Waals surface area (Å²) in [6, 6.07) is 3.26.